The second-order valence-electron chi connectivity index (χ2n) is 5.31. The first kappa shape index (κ1) is 19.3. The number of ether oxygens (including phenoxy) is 1. The first-order chi connectivity index (χ1) is 11.9. The number of nitrogens with one attached hydrogen (secondary N) is 2. The fraction of sp³-hybridized carbons (Fsp3) is 0.222. The van der Waals surface area contributed by atoms with Gasteiger partial charge in [0.25, 0.3) is 5.91 Å². The lowest BCUT2D eigenvalue weighted by molar-refractivity contribution is -0.127. The fourth-order valence-corrected chi connectivity index (χ4v) is 2.36. The van der Waals surface area contributed by atoms with Crippen molar-refractivity contribution in [3.8, 4) is 5.75 Å². The third-order valence-electron chi connectivity index (χ3n) is 3.27. The Kier molecular flexibility index (Phi) is 7.28. The predicted octanol–water partition coefficient (Wildman–Crippen LogP) is 4.01. The maximum Gasteiger partial charge on any atom is 0.260 e. The summed E-state index contributed by atoms with van der Waals surface area (Å²) in [5, 5.41) is 6.04. The van der Waals surface area contributed by atoms with E-state index in [9.17, 15) is 9.59 Å². The molecule has 0 saturated carbocycles. The summed E-state index contributed by atoms with van der Waals surface area (Å²) in [5.41, 5.74) is 0.707. The van der Waals surface area contributed by atoms with Crippen LogP contribution < -0.4 is 15.4 Å². The van der Waals surface area contributed by atoms with Gasteiger partial charge in [0, 0.05) is 28.1 Å². The van der Waals surface area contributed by atoms with Crippen molar-refractivity contribution in [2.24, 2.45) is 0 Å². The van der Waals surface area contributed by atoms with E-state index in [1.807, 2.05) is 12.1 Å². The summed E-state index contributed by atoms with van der Waals surface area (Å²) in [6.45, 7) is 1.88. The largest absolute Gasteiger partial charge is 0.481 e. The second kappa shape index (κ2) is 9.44. The van der Waals surface area contributed by atoms with Gasteiger partial charge in [0.05, 0.1) is 0 Å². The lowest BCUT2D eigenvalue weighted by atomic mass is 10.3. The van der Waals surface area contributed by atoms with Crippen LogP contribution in [0.1, 0.15) is 13.3 Å². The zero-order valence-electron chi connectivity index (χ0n) is 13.6. The third kappa shape index (κ3) is 6.76. The molecule has 0 aromatic heterocycles. The maximum atomic E-state index is 12.0. The molecule has 0 bridgehead atoms. The summed E-state index contributed by atoms with van der Waals surface area (Å²) in [5.74, 6) is 0.0975. The van der Waals surface area contributed by atoms with E-state index in [2.05, 4.69) is 26.6 Å². The predicted molar refractivity (Wildman–Crippen MR) is 102 cm³/mol. The van der Waals surface area contributed by atoms with Crippen LogP contribution in [0.5, 0.6) is 5.75 Å². The highest BCUT2D eigenvalue weighted by Crippen LogP contribution is 2.17. The quantitative estimate of drug-likeness (QED) is 0.704. The van der Waals surface area contributed by atoms with Crippen LogP contribution in [-0.4, -0.2) is 24.5 Å². The summed E-state index contributed by atoms with van der Waals surface area (Å²) < 4.78 is 6.46. The van der Waals surface area contributed by atoms with Crippen molar-refractivity contribution >= 4 is 45.0 Å². The van der Waals surface area contributed by atoms with Crippen LogP contribution in [0.3, 0.4) is 0 Å². The molecule has 0 aliphatic rings. The summed E-state index contributed by atoms with van der Waals surface area (Å²) in [4.78, 5) is 23.8. The van der Waals surface area contributed by atoms with Crippen molar-refractivity contribution in [3.05, 3.63) is 58.0 Å². The summed E-state index contributed by atoms with van der Waals surface area (Å²) >= 11 is 9.13. The Bertz CT molecular complexity index is 720. The minimum absolute atomic E-state index is 0.172. The van der Waals surface area contributed by atoms with Crippen LogP contribution in [-0.2, 0) is 9.59 Å². The number of benzene rings is 2. The van der Waals surface area contributed by atoms with Gasteiger partial charge in [0.15, 0.2) is 6.10 Å². The highest BCUT2D eigenvalue weighted by molar-refractivity contribution is 9.10. The summed E-state index contributed by atoms with van der Waals surface area (Å²) in [6.07, 6.45) is -0.495. The number of hydrogen-bond acceptors (Lipinski definition) is 3. The Hall–Kier alpha value is -2.05. The molecule has 0 aliphatic heterocycles. The van der Waals surface area contributed by atoms with Gasteiger partial charge in [0.1, 0.15) is 5.75 Å². The lowest BCUT2D eigenvalue weighted by Gasteiger charge is -2.14. The van der Waals surface area contributed by atoms with E-state index in [1.165, 1.54) is 0 Å². The molecule has 7 heteroatoms. The molecule has 0 heterocycles. The monoisotopic (exact) mass is 424 g/mol. The van der Waals surface area contributed by atoms with E-state index < -0.39 is 6.10 Å². The average Bonchev–Trinajstić information content (AvgIpc) is 2.59. The molecular weight excluding hydrogens is 408 g/mol. The molecule has 2 aromatic carbocycles. The van der Waals surface area contributed by atoms with Crippen LogP contribution in [0.4, 0.5) is 5.69 Å². The van der Waals surface area contributed by atoms with Gasteiger partial charge < -0.3 is 15.4 Å². The first-order valence-corrected chi connectivity index (χ1v) is 8.86. The van der Waals surface area contributed by atoms with Gasteiger partial charge in [-0.1, -0.05) is 27.5 Å². The number of carbonyl (C=O) groups excluding carboxylic acids is 2. The molecule has 2 aromatic rings. The van der Waals surface area contributed by atoms with Crippen molar-refractivity contribution < 1.29 is 14.3 Å². The molecular formula is C18H18BrClN2O3. The highest BCUT2D eigenvalue weighted by Gasteiger charge is 2.14. The molecule has 0 radical (unpaired) electrons. The summed E-state index contributed by atoms with van der Waals surface area (Å²) in [6, 6.07) is 14.0. The lowest BCUT2D eigenvalue weighted by Crippen LogP contribution is -2.37. The Labute approximate surface area is 159 Å². The molecule has 25 heavy (non-hydrogen) atoms. The van der Waals surface area contributed by atoms with Gasteiger partial charge in [-0.3, -0.25) is 9.59 Å². The van der Waals surface area contributed by atoms with Crippen LogP contribution >= 0.6 is 27.5 Å². The second-order valence-corrected chi connectivity index (χ2v) is 6.66. The molecule has 1 atom stereocenters. The van der Waals surface area contributed by atoms with E-state index in [0.29, 0.717) is 16.5 Å². The normalized spacial score (nSPS) is 11.5. The van der Waals surface area contributed by atoms with Crippen molar-refractivity contribution in [2.75, 3.05) is 11.9 Å². The van der Waals surface area contributed by atoms with Crippen LogP contribution in [0.25, 0.3) is 0 Å². The van der Waals surface area contributed by atoms with Gasteiger partial charge in [-0.05, 0) is 55.5 Å². The number of rotatable bonds is 7. The maximum absolute atomic E-state index is 12.0. The molecule has 132 valence electrons. The van der Waals surface area contributed by atoms with Gasteiger partial charge in [-0.2, -0.15) is 0 Å². The van der Waals surface area contributed by atoms with Crippen LogP contribution in [0, 0.1) is 0 Å². The zero-order valence-corrected chi connectivity index (χ0v) is 15.9. The Balaban J connectivity index is 1.71. The number of anilines is 1. The van der Waals surface area contributed by atoms with Gasteiger partial charge >= 0.3 is 0 Å². The van der Waals surface area contributed by atoms with E-state index in [0.717, 1.165) is 4.47 Å². The molecule has 2 N–H and O–H groups in total. The standard InChI is InChI=1S/C18H18BrClN2O3/c1-12(25-16-8-4-14(20)5-9-16)18(24)21-11-10-17(23)22-15-6-2-13(19)3-7-15/h2-9,12H,10-11H2,1H3,(H,21,24)(H,22,23). The molecule has 0 fully saturated rings. The van der Waals surface area contributed by atoms with Gasteiger partial charge in [0.2, 0.25) is 5.91 Å². The Morgan fingerprint density at radius 2 is 1.76 bits per heavy atom. The van der Waals surface area contributed by atoms with Crippen molar-refractivity contribution in [1.29, 1.82) is 0 Å². The Morgan fingerprint density at radius 3 is 2.40 bits per heavy atom. The van der Waals surface area contributed by atoms with E-state index >= 15 is 0 Å². The average molecular weight is 426 g/mol. The van der Waals surface area contributed by atoms with Gasteiger partial charge in [-0.15, -0.1) is 0 Å². The SMILES string of the molecule is CC(Oc1ccc(Cl)cc1)C(=O)NCCC(=O)Nc1ccc(Br)cc1. The highest BCUT2D eigenvalue weighted by atomic mass is 79.9. The van der Waals surface area contributed by atoms with Gasteiger partial charge in [-0.25, -0.2) is 0 Å². The number of halogens is 2. The number of carbonyl (C=O) groups is 2. The molecule has 5 nitrogen and oxygen atoms in total. The summed E-state index contributed by atoms with van der Waals surface area (Å²) in [7, 11) is 0. The Morgan fingerprint density at radius 1 is 1.12 bits per heavy atom. The van der Waals surface area contributed by atoms with E-state index in [1.54, 1.807) is 43.3 Å². The van der Waals surface area contributed by atoms with Crippen LogP contribution in [0.2, 0.25) is 5.02 Å². The fourth-order valence-electron chi connectivity index (χ4n) is 1.97. The molecule has 1 unspecified atom stereocenters. The van der Waals surface area contributed by atoms with Crippen molar-refractivity contribution in [3.63, 3.8) is 0 Å². The molecule has 0 spiro atoms. The zero-order chi connectivity index (χ0) is 18.2. The molecule has 0 saturated heterocycles. The van der Waals surface area contributed by atoms with Crippen LogP contribution in [0.15, 0.2) is 53.0 Å². The third-order valence-corrected chi connectivity index (χ3v) is 4.06. The molecule has 2 rings (SSSR count). The van der Waals surface area contributed by atoms with E-state index in [4.69, 9.17) is 16.3 Å². The minimum atomic E-state index is -0.671. The minimum Gasteiger partial charge on any atom is -0.481 e. The topological polar surface area (TPSA) is 67.4 Å². The van der Waals surface area contributed by atoms with E-state index in [-0.39, 0.29) is 24.8 Å². The number of amides is 2. The molecule has 2 amide bonds. The first-order valence-electron chi connectivity index (χ1n) is 7.69. The number of hydrogen-bond donors (Lipinski definition) is 2. The van der Waals surface area contributed by atoms with Crippen molar-refractivity contribution in [2.45, 2.75) is 19.4 Å². The molecule has 0 aliphatic carbocycles. The smallest absolute Gasteiger partial charge is 0.260 e. The van der Waals surface area contributed by atoms with Crippen molar-refractivity contribution in [1.82, 2.24) is 5.32 Å².